The van der Waals surface area contributed by atoms with Gasteiger partial charge < -0.3 is 20.3 Å². The normalized spacial score (nSPS) is 20.0. The average Bonchev–Trinajstić information content (AvgIpc) is 2.68. The first-order chi connectivity index (χ1) is 12.9. The van der Waals surface area contributed by atoms with Crippen molar-refractivity contribution in [3.8, 4) is 0 Å². The molecule has 1 heterocycles. The Labute approximate surface area is 187 Å². The van der Waals surface area contributed by atoms with Gasteiger partial charge in [0.05, 0.1) is 13.2 Å². The number of aliphatic imine (C=N–C) groups is 1. The molecule has 8 heteroatoms. The lowest BCUT2D eigenvalue weighted by molar-refractivity contribution is -0.127. The third-order valence-corrected chi connectivity index (χ3v) is 5.48. The van der Waals surface area contributed by atoms with Crippen LogP contribution in [-0.2, 0) is 9.53 Å². The van der Waals surface area contributed by atoms with Crippen LogP contribution in [0.5, 0.6) is 0 Å². The molecule has 2 N–H and O–H groups in total. The van der Waals surface area contributed by atoms with Gasteiger partial charge in [-0.1, -0.05) is 31.4 Å². The number of carbonyl (C=O) groups excluding carboxylic acids is 1. The van der Waals surface area contributed by atoms with E-state index < -0.39 is 0 Å². The van der Waals surface area contributed by atoms with E-state index in [0.717, 1.165) is 38.4 Å². The standard InChI is InChI=1S/C20H37N5O2.HI/c1-17(2)14-21-19(22-15-18(26)24(3)4)23-16-20(8-6-5-7-9-20)25-10-12-27-13-11-25;/h1,5-16H2,2-4H3,(H2,21,22,23);1H. The highest BCUT2D eigenvalue weighted by Gasteiger charge is 2.38. The fraction of sp³-hybridized carbons (Fsp3) is 0.800. The summed E-state index contributed by atoms with van der Waals surface area (Å²) in [6, 6.07) is 0. The number of halogens is 1. The van der Waals surface area contributed by atoms with Crippen molar-refractivity contribution in [1.29, 1.82) is 0 Å². The van der Waals surface area contributed by atoms with E-state index in [1.165, 1.54) is 32.1 Å². The van der Waals surface area contributed by atoms with Crippen LogP contribution in [0.1, 0.15) is 39.0 Å². The fourth-order valence-corrected chi connectivity index (χ4v) is 3.80. The van der Waals surface area contributed by atoms with Gasteiger partial charge in [0.2, 0.25) is 5.91 Å². The number of nitrogens with zero attached hydrogens (tertiary/aromatic N) is 3. The molecule has 0 aromatic heterocycles. The van der Waals surface area contributed by atoms with Gasteiger partial charge in [-0.2, -0.15) is 0 Å². The van der Waals surface area contributed by atoms with Gasteiger partial charge in [0.1, 0.15) is 6.54 Å². The van der Waals surface area contributed by atoms with Crippen molar-refractivity contribution < 1.29 is 9.53 Å². The lowest BCUT2D eigenvalue weighted by Crippen LogP contribution is -2.60. The Kier molecular flexibility index (Phi) is 11.4. The van der Waals surface area contributed by atoms with Gasteiger partial charge in [-0.3, -0.25) is 9.69 Å². The summed E-state index contributed by atoms with van der Waals surface area (Å²) in [6.07, 6.45) is 6.25. The monoisotopic (exact) mass is 507 g/mol. The smallest absolute Gasteiger partial charge is 0.243 e. The average molecular weight is 507 g/mol. The highest BCUT2D eigenvalue weighted by molar-refractivity contribution is 14.0. The van der Waals surface area contributed by atoms with Crippen molar-refractivity contribution in [2.45, 2.75) is 44.6 Å². The fourth-order valence-electron chi connectivity index (χ4n) is 3.80. The minimum absolute atomic E-state index is 0. The molecular weight excluding hydrogens is 469 g/mol. The number of hydrogen-bond acceptors (Lipinski definition) is 4. The van der Waals surface area contributed by atoms with Crippen molar-refractivity contribution in [3.05, 3.63) is 12.2 Å². The number of ether oxygens (including phenoxy) is 1. The molecule has 1 aliphatic heterocycles. The molecule has 7 nitrogen and oxygen atoms in total. The Balaban J connectivity index is 0.00000392. The maximum atomic E-state index is 11.9. The molecule has 2 aliphatic rings. The van der Waals surface area contributed by atoms with Crippen LogP contribution in [0.25, 0.3) is 0 Å². The van der Waals surface area contributed by atoms with Gasteiger partial charge in [0.25, 0.3) is 0 Å². The first-order valence-electron chi connectivity index (χ1n) is 10.1. The Morgan fingerprint density at radius 3 is 2.39 bits per heavy atom. The summed E-state index contributed by atoms with van der Waals surface area (Å²) in [6.45, 7) is 11.2. The molecule has 0 bridgehead atoms. The second kappa shape index (κ2) is 12.6. The maximum Gasteiger partial charge on any atom is 0.243 e. The van der Waals surface area contributed by atoms with Crippen molar-refractivity contribution in [2.75, 3.05) is 60.0 Å². The molecule has 1 amide bonds. The summed E-state index contributed by atoms with van der Waals surface area (Å²) >= 11 is 0. The Bertz CT molecular complexity index is 527. The quantitative estimate of drug-likeness (QED) is 0.238. The largest absolute Gasteiger partial charge is 0.379 e. The number of guanidine groups is 1. The number of carbonyl (C=O) groups is 1. The minimum Gasteiger partial charge on any atom is -0.379 e. The van der Waals surface area contributed by atoms with E-state index in [-0.39, 0.29) is 42.0 Å². The summed E-state index contributed by atoms with van der Waals surface area (Å²) < 4.78 is 5.56. The predicted molar refractivity (Wildman–Crippen MR) is 125 cm³/mol. The summed E-state index contributed by atoms with van der Waals surface area (Å²) in [4.78, 5) is 20.6. The highest BCUT2D eigenvalue weighted by atomic mass is 127. The molecule has 0 unspecified atom stereocenters. The van der Waals surface area contributed by atoms with Gasteiger partial charge in [-0.05, 0) is 19.8 Å². The van der Waals surface area contributed by atoms with Gasteiger partial charge in [0.15, 0.2) is 5.96 Å². The van der Waals surface area contributed by atoms with E-state index >= 15 is 0 Å². The van der Waals surface area contributed by atoms with Crippen LogP contribution < -0.4 is 10.6 Å². The van der Waals surface area contributed by atoms with E-state index in [4.69, 9.17) is 4.74 Å². The number of rotatable bonds is 7. The first-order valence-corrected chi connectivity index (χ1v) is 10.1. The number of hydrogen-bond donors (Lipinski definition) is 2. The lowest BCUT2D eigenvalue weighted by atomic mass is 9.80. The van der Waals surface area contributed by atoms with Crippen LogP contribution in [0.3, 0.4) is 0 Å². The molecule has 162 valence electrons. The van der Waals surface area contributed by atoms with Gasteiger partial charge in [-0.15, -0.1) is 24.0 Å². The second-order valence-electron chi connectivity index (χ2n) is 8.00. The molecule has 1 saturated heterocycles. The molecule has 2 fully saturated rings. The topological polar surface area (TPSA) is 69.2 Å². The molecule has 0 aromatic rings. The molecule has 0 spiro atoms. The highest BCUT2D eigenvalue weighted by Crippen LogP contribution is 2.33. The third kappa shape index (κ3) is 7.87. The molecule has 28 heavy (non-hydrogen) atoms. The van der Waals surface area contributed by atoms with Crippen molar-refractivity contribution in [2.24, 2.45) is 4.99 Å². The Morgan fingerprint density at radius 2 is 1.82 bits per heavy atom. The van der Waals surface area contributed by atoms with Crippen LogP contribution in [0.15, 0.2) is 17.1 Å². The molecule has 1 saturated carbocycles. The number of nitrogens with one attached hydrogen (secondary N) is 2. The Hall–Kier alpha value is -0.870. The zero-order valence-corrected chi connectivity index (χ0v) is 20.1. The van der Waals surface area contributed by atoms with Crippen LogP contribution in [0.2, 0.25) is 0 Å². The van der Waals surface area contributed by atoms with Gasteiger partial charge >= 0.3 is 0 Å². The number of likely N-dealkylation sites (N-methyl/N-ethyl adjacent to an activating group) is 1. The van der Waals surface area contributed by atoms with E-state index in [0.29, 0.717) is 12.5 Å². The van der Waals surface area contributed by atoms with E-state index in [1.54, 1.807) is 19.0 Å². The summed E-state index contributed by atoms with van der Waals surface area (Å²) in [7, 11) is 3.50. The zero-order chi connectivity index (χ0) is 19.7. The SMILES string of the molecule is C=C(C)CNC(=NCC(=O)N(C)C)NCC1(N2CCOCC2)CCCCC1.I. The first kappa shape index (κ1) is 25.2. The molecule has 0 radical (unpaired) electrons. The van der Waals surface area contributed by atoms with E-state index in [2.05, 4.69) is 27.1 Å². The summed E-state index contributed by atoms with van der Waals surface area (Å²) in [5.41, 5.74) is 1.18. The second-order valence-corrected chi connectivity index (χ2v) is 8.00. The third-order valence-electron chi connectivity index (χ3n) is 5.48. The Morgan fingerprint density at radius 1 is 1.18 bits per heavy atom. The van der Waals surface area contributed by atoms with Crippen molar-refractivity contribution in [3.63, 3.8) is 0 Å². The zero-order valence-electron chi connectivity index (χ0n) is 17.8. The van der Waals surface area contributed by atoms with Crippen LogP contribution in [0.4, 0.5) is 0 Å². The molecular formula is C20H38IN5O2. The van der Waals surface area contributed by atoms with Crippen LogP contribution >= 0.6 is 24.0 Å². The maximum absolute atomic E-state index is 11.9. The number of morpholine rings is 1. The van der Waals surface area contributed by atoms with Crippen molar-refractivity contribution >= 4 is 35.8 Å². The molecule has 1 aliphatic carbocycles. The van der Waals surface area contributed by atoms with E-state index in [9.17, 15) is 4.79 Å². The minimum atomic E-state index is -0.00742. The van der Waals surface area contributed by atoms with E-state index in [1.807, 2.05) is 6.92 Å². The summed E-state index contributed by atoms with van der Waals surface area (Å²) in [5, 5.41) is 6.82. The van der Waals surface area contributed by atoms with Gasteiger partial charge in [0, 0.05) is 45.8 Å². The molecule has 0 aromatic carbocycles. The molecule has 2 rings (SSSR count). The van der Waals surface area contributed by atoms with Crippen LogP contribution in [0, 0.1) is 0 Å². The summed E-state index contributed by atoms with van der Waals surface area (Å²) in [5.74, 6) is 0.679. The van der Waals surface area contributed by atoms with Gasteiger partial charge in [-0.25, -0.2) is 4.99 Å². The predicted octanol–water partition coefficient (Wildman–Crippen LogP) is 1.84. The lowest BCUT2D eigenvalue weighted by Gasteiger charge is -2.48. The number of amides is 1. The molecule has 0 atom stereocenters. The van der Waals surface area contributed by atoms with Crippen LogP contribution in [-0.4, -0.2) is 87.2 Å². The van der Waals surface area contributed by atoms with Crippen molar-refractivity contribution in [1.82, 2.24) is 20.4 Å².